The van der Waals surface area contributed by atoms with E-state index >= 15 is 0 Å². The molecule has 1 unspecified atom stereocenters. The third-order valence-electron chi connectivity index (χ3n) is 3.48. The molecular formula is C14H21N3O. The van der Waals surface area contributed by atoms with Crippen molar-refractivity contribution < 1.29 is 4.79 Å². The zero-order valence-corrected chi connectivity index (χ0v) is 11.1. The standard InChI is InChI=1S/C14H21N3O/c1-3-11(8-10-4-5-10)17-14(18)12-6-7-16-9-13(12)15-2/h6-7,9-11,15H,3-5,8H2,1-2H3,(H,17,18). The van der Waals surface area contributed by atoms with Crippen LogP contribution in [0.2, 0.25) is 0 Å². The molecule has 1 aromatic heterocycles. The summed E-state index contributed by atoms with van der Waals surface area (Å²) in [6, 6.07) is 2.05. The first-order valence-electron chi connectivity index (χ1n) is 6.67. The van der Waals surface area contributed by atoms with Gasteiger partial charge in [0.2, 0.25) is 0 Å². The van der Waals surface area contributed by atoms with Crippen molar-refractivity contribution in [3.8, 4) is 0 Å². The zero-order valence-electron chi connectivity index (χ0n) is 11.1. The van der Waals surface area contributed by atoms with Gasteiger partial charge in [0.15, 0.2) is 0 Å². The lowest BCUT2D eigenvalue weighted by Gasteiger charge is -2.17. The van der Waals surface area contributed by atoms with Crippen LogP contribution in [0.25, 0.3) is 0 Å². The van der Waals surface area contributed by atoms with E-state index in [-0.39, 0.29) is 5.91 Å². The SMILES string of the molecule is CCC(CC1CC1)NC(=O)c1ccncc1NC. The summed E-state index contributed by atoms with van der Waals surface area (Å²) >= 11 is 0. The lowest BCUT2D eigenvalue weighted by Crippen LogP contribution is -2.35. The maximum Gasteiger partial charge on any atom is 0.253 e. The Kier molecular flexibility index (Phi) is 4.18. The van der Waals surface area contributed by atoms with Crippen molar-refractivity contribution in [2.45, 2.75) is 38.6 Å². The summed E-state index contributed by atoms with van der Waals surface area (Å²) in [5, 5.41) is 6.12. The quantitative estimate of drug-likeness (QED) is 0.811. The number of amides is 1. The third-order valence-corrected chi connectivity index (χ3v) is 3.48. The Bertz CT molecular complexity index is 415. The molecular weight excluding hydrogens is 226 g/mol. The average Bonchev–Trinajstić information content (AvgIpc) is 3.21. The summed E-state index contributed by atoms with van der Waals surface area (Å²) in [5.41, 5.74) is 1.44. The normalized spacial score (nSPS) is 16.1. The van der Waals surface area contributed by atoms with E-state index in [2.05, 4.69) is 22.5 Å². The third kappa shape index (κ3) is 3.22. The first-order valence-corrected chi connectivity index (χ1v) is 6.67. The minimum absolute atomic E-state index is 0.00532. The lowest BCUT2D eigenvalue weighted by atomic mass is 10.1. The van der Waals surface area contributed by atoms with E-state index < -0.39 is 0 Å². The van der Waals surface area contributed by atoms with Crippen molar-refractivity contribution in [1.29, 1.82) is 0 Å². The topological polar surface area (TPSA) is 54.0 Å². The van der Waals surface area contributed by atoms with Gasteiger partial charge in [0.05, 0.1) is 17.4 Å². The van der Waals surface area contributed by atoms with Gasteiger partial charge in [-0.25, -0.2) is 0 Å². The summed E-state index contributed by atoms with van der Waals surface area (Å²) in [6.07, 6.45) is 8.07. The Balaban J connectivity index is 2.00. The summed E-state index contributed by atoms with van der Waals surface area (Å²) < 4.78 is 0. The van der Waals surface area contributed by atoms with Crippen LogP contribution >= 0.6 is 0 Å². The van der Waals surface area contributed by atoms with Crippen LogP contribution in [0.5, 0.6) is 0 Å². The Morgan fingerprint density at radius 2 is 2.33 bits per heavy atom. The molecule has 4 nitrogen and oxygen atoms in total. The van der Waals surface area contributed by atoms with Crippen LogP contribution in [0, 0.1) is 5.92 Å². The van der Waals surface area contributed by atoms with Crippen LogP contribution in [0.15, 0.2) is 18.5 Å². The minimum atomic E-state index is -0.00532. The van der Waals surface area contributed by atoms with Crippen molar-refractivity contribution in [3.63, 3.8) is 0 Å². The van der Waals surface area contributed by atoms with Crippen LogP contribution in [0.1, 0.15) is 43.0 Å². The van der Waals surface area contributed by atoms with Gasteiger partial charge in [-0.05, 0) is 24.8 Å². The second-order valence-electron chi connectivity index (χ2n) is 4.93. The van der Waals surface area contributed by atoms with Crippen molar-refractivity contribution >= 4 is 11.6 Å². The van der Waals surface area contributed by atoms with Crippen LogP contribution in [-0.4, -0.2) is 24.0 Å². The fourth-order valence-electron chi connectivity index (χ4n) is 2.14. The number of carbonyl (C=O) groups excluding carboxylic acids is 1. The van der Waals surface area contributed by atoms with Crippen molar-refractivity contribution in [1.82, 2.24) is 10.3 Å². The van der Waals surface area contributed by atoms with Crippen LogP contribution in [0.3, 0.4) is 0 Å². The minimum Gasteiger partial charge on any atom is -0.386 e. The van der Waals surface area contributed by atoms with E-state index in [0.29, 0.717) is 11.6 Å². The second-order valence-corrected chi connectivity index (χ2v) is 4.93. The van der Waals surface area contributed by atoms with Crippen molar-refractivity contribution in [2.75, 3.05) is 12.4 Å². The first-order chi connectivity index (χ1) is 8.74. The molecule has 2 N–H and O–H groups in total. The number of nitrogens with zero attached hydrogens (tertiary/aromatic N) is 1. The van der Waals surface area contributed by atoms with Crippen LogP contribution < -0.4 is 10.6 Å². The van der Waals surface area contributed by atoms with Gasteiger partial charge in [0, 0.05) is 19.3 Å². The Morgan fingerprint density at radius 1 is 1.56 bits per heavy atom. The molecule has 0 spiro atoms. The molecule has 1 aromatic rings. The number of hydrogen-bond donors (Lipinski definition) is 2. The predicted octanol–water partition coefficient (Wildman–Crippen LogP) is 2.43. The van der Waals surface area contributed by atoms with Gasteiger partial charge in [-0.15, -0.1) is 0 Å². The van der Waals surface area contributed by atoms with E-state index in [1.807, 2.05) is 0 Å². The molecule has 98 valence electrons. The number of rotatable bonds is 6. The molecule has 1 saturated carbocycles. The molecule has 2 rings (SSSR count). The number of carbonyl (C=O) groups is 1. The molecule has 0 aromatic carbocycles. The average molecular weight is 247 g/mol. The molecule has 1 aliphatic rings. The van der Waals surface area contributed by atoms with E-state index in [4.69, 9.17) is 0 Å². The summed E-state index contributed by atoms with van der Waals surface area (Å²) in [4.78, 5) is 16.2. The number of hydrogen-bond acceptors (Lipinski definition) is 3. The van der Waals surface area contributed by atoms with E-state index in [9.17, 15) is 4.79 Å². The molecule has 0 radical (unpaired) electrons. The Morgan fingerprint density at radius 3 is 2.94 bits per heavy atom. The maximum atomic E-state index is 12.2. The van der Waals surface area contributed by atoms with Gasteiger partial charge in [-0.3, -0.25) is 9.78 Å². The molecule has 0 bridgehead atoms. The first kappa shape index (κ1) is 12.9. The highest BCUT2D eigenvalue weighted by Gasteiger charge is 2.26. The molecule has 1 heterocycles. The van der Waals surface area contributed by atoms with Gasteiger partial charge in [-0.1, -0.05) is 19.8 Å². The molecule has 1 fully saturated rings. The zero-order chi connectivity index (χ0) is 13.0. The lowest BCUT2D eigenvalue weighted by molar-refractivity contribution is 0.0933. The largest absolute Gasteiger partial charge is 0.386 e. The second kappa shape index (κ2) is 5.85. The summed E-state index contributed by atoms with van der Waals surface area (Å²) in [5.74, 6) is 0.825. The molecule has 0 saturated heterocycles. The number of nitrogens with one attached hydrogen (secondary N) is 2. The molecule has 18 heavy (non-hydrogen) atoms. The van der Waals surface area contributed by atoms with Crippen molar-refractivity contribution in [3.05, 3.63) is 24.0 Å². The number of aromatic nitrogens is 1. The molecule has 1 aliphatic carbocycles. The number of anilines is 1. The molecule has 1 amide bonds. The van der Waals surface area contributed by atoms with E-state index in [1.54, 1.807) is 25.5 Å². The van der Waals surface area contributed by atoms with E-state index in [1.165, 1.54) is 12.8 Å². The fourth-order valence-corrected chi connectivity index (χ4v) is 2.14. The highest BCUT2D eigenvalue weighted by molar-refractivity contribution is 5.99. The Labute approximate surface area is 108 Å². The number of pyridine rings is 1. The molecule has 4 heteroatoms. The Hall–Kier alpha value is -1.58. The highest BCUT2D eigenvalue weighted by Crippen LogP contribution is 2.34. The molecule has 1 atom stereocenters. The summed E-state index contributed by atoms with van der Waals surface area (Å²) in [6.45, 7) is 2.12. The smallest absolute Gasteiger partial charge is 0.253 e. The van der Waals surface area contributed by atoms with Crippen LogP contribution in [-0.2, 0) is 0 Å². The predicted molar refractivity (Wildman–Crippen MR) is 72.7 cm³/mol. The van der Waals surface area contributed by atoms with Gasteiger partial charge >= 0.3 is 0 Å². The van der Waals surface area contributed by atoms with E-state index in [0.717, 1.165) is 24.4 Å². The van der Waals surface area contributed by atoms with Gasteiger partial charge in [0.25, 0.3) is 5.91 Å². The summed E-state index contributed by atoms with van der Waals surface area (Å²) in [7, 11) is 1.80. The maximum absolute atomic E-state index is 12.2. The van der Waals surface area contributed by atoms with Gasteiger partial charge in [0.1, 0.15) is 0 Å². The van der Waals surface area contributed by atoms with Gasteiger partial charge < -0.3 is 10.6 Å². The monoisotopic (exact) mass is 247 g/mol. The molecule has 0 aliphatic heterocycles. The van der Waals surface area contributed by atoms with Gasteiger partial charge in [-0.2, -0.15) is 0 Å². The fraction of sp³-hybridized carbons (Fsp3) is 0.571. The highest BCUT2D eigenvalue weighted by atomic mass is 16.1. The van der Waals surface area contributed by atoms with Crippen LogP contribution in [0.4, 0.5) is 5.69 Å². The van der Waals surface area contributed by atoms with Crippen molar-refractivity contribution in [2.24, 2.45) is 5.92 Å².